The minimum absolute atomic E-state index is 0.492. The molecule has 0 aliphatic rings. The number of hydrogen-bond donors (Lipinski definition) is 0. The van der Waals surface area contributed by atoms with Gasteiger partial charge in [-0.2, -0.15) is 0 Å². The van der Waals surface area contributed by atoms with Crippen molar-refractivity contribution >= 4 is 55.4 Å². The van der Waals surface area contributed by atoms with Crippen molar-refractivity contribution in [2.75, 3.05) is 0 Å². The van der Waals surface area contributed by atoms with Crippen molar-refractivity contribution < 1.29 is 4.74 Å². The molecule has 0 amide bonds. The highest BCUT2D eigenvalue weighted by Crippen LogP contribution is 2.27. The number of benzene rings is 3. The van der Waals surface area contributed by atoms with Gasteiger partial charge in [0, 0.05) is 25.7 Å². The first-order chi connectivity index (χ1) is 12.5. The van der Waals surface area contributed by atoms with Crippen LogP contribution in [-0.2, 0) is 6.61 Å². The van der Waals surface area contributed by atoms with Gasteiger partial charge in [-0.3, -0.25) is 4.99 Å². The molecule has 0 aliphatic carbocycles. The Morgan fingerprint density at radius 1 is 1.00 bits per heavy atom. The lowest BCUT2D eigenvalue weighted by atomic mass is 10.2. The predicted octanol–water partition coefficient (Wildman–Crippen LogP) is 7.50. The third-order valence-corrected chi connectivity index (χ3v) is 5.29. The molecule has 0 bridgehead atoms. The topological polar surface area (TPSA) is 21.6 Å². The molecule has 0 fully saturated rings. The quantitative estimate of drug-likeness (QED) is 0.337. The van der Waals surface area contributed by atoms with E-state index in [1.165, 1.54) is 0 Å². The molecule has 0 radical (unpaired) electrons. The molecule has 0 N–H and O–H groups in total. The van der Waals surface area contributed by atoms with Crippen LogP contribution in [0.4, 0.5) is 5.69 Å². The lowest BCUT2D eigenvalue weighted by Gasteiger charge is -2.10. The minimum atomic E-state index is 0.492. The fourth-order valence-electron chi connectivity index (χ4n) is 2.37. The summed E-state index contributed by atoms with van der Waals surface area (Å²) in [6.07, 6.45) is 1.81. The lowest BCUT2D eigenvalue weighted by Crippen LogP contribution is -1.98. The number of halogens is 3. The standard InChI is InChI=1S/C21H16Br2ClNO/c1-14-19(24)3-2-4-20(14)25-12-16-11-18(23)9-10-21(16)26-13-15-5-7-17(22)8-6-15/h2-12H,13H2,1H3. The molecule has 5 heteroatoms. The summed E-state index contributed by atoms with van der Waals surface area (Å²) in [6.45, 7) is 2.45. The Bertz CT molecular complexity index is 939. The molecular weight excluding hydrogens is 477 g/mol. The molecule has 0 saturated carbocycles. The fourth-order valence-corrected chi connectivity index (χ4v) is 3.18. The van der Waals surface area contributed by atoms with Crippen LogP contribution >= 0.6 is 43.5 Å². The van der Waals surface area contributed by atoms with E-state index < -0.39 is 0 Å². The first kappa shape index (κ1) is 19.2. The van der Waals surface area contributed by atoms with Crippen molar-refractivity contribution in [2.45, 2.75) is 13.5 Å². The molecule has 0 atom stereocenters. The highest BCUT2D eigenvalue weighted by molar-refractivity contribution is 9.10. The Balaban J connectivity index is 1.82. The van der Waals surface area contributed by atoms with Crippen LogP contribution in [0.1, 0.15) is 16.7 Å². The molecule has 0 saturated heterocycles. The van der Waals surface area contributed by atoms with E-state index in [4.69, 9.17) is 16.3 Å². The van der Waals surface area contributed by atoms with Crippen LogP contribution in [0.3, 0.4) is 0 Å². The maximum absolute atomic E-state index is 6.17. The van der Waals surface area contributed by atoms with Gasteiger partial charge in [0.1, 0.15) is 12.4 Å². The average molecular weight is 494 g/mol. The fraction of sp³-hybridized carbons (Fsp3) is 0.0952. The van der Waals surface area contributed by atoms with Crippen molar-refractivity contribution in [1.29, 1.82) is 0 Å². The molecule has 0 aromatic heterocycles. The third kappa shape index (κ3) is 4.97. The zero-order chi connectivity index (χ0) is 18.5. The smallest absolute Gasteiger partial charge is 0.128 e. The largest absolute Gasteiger partial charge is 0.488 e. The van der Waals surface area contributed by atoms with Crippen molar-refractivity contribution in [3.05, 3.63) is 91.3 Å². The maximum Gasteiger partial charge on any atom is 0.128 e. The molecule has 0 heterocycles. The molecule has 0 spiro atoms. The number of hydrogen-bond acceptors (Lipinski definition) is 2. The second-order valence-corrected chi connectivity index (χ2v) is 7.98. The molecule has 2 nitrogen and oxygen atoms in total. The van der Waals surface area contributed by atoms with E-state index in [-0.39, 0.29) is 0 Å². The van der Waals surface area contributed by atoms with Crippen molar-refractivity contribution in [3.63, 3.8) is 0 Å². The van der Waals surface area contributed by atoms with Crippen LogP contribution in [-0.4, -0.2) is 6.21 Å². The van der Waals surface area contributed by atoms with Gasteiger partial charge in [-0.25, -0.2) is 0 Å². The Kier molecular flexibility index (Phi) is 6.52. The summed E-state index contributed by atoms with van der Waals surface area (Å²) < 4.78 is 8.03. The average Bonchev–Trinajstić information content (AvgIpc) is 2.63. The van der Waals surface area contributed by atoms with E-state index in [1.807, 2.05) is 67.6 Å². The Morgan fingerprint density at radius 3 is 2.50 bits per heavy atom. The Labute approximate surface area is 175 Å². The van der Waals surface area contributed by atoms with E-state index in [2.05, 4.69) is 36.9 Å². The van der Waals surface area contributed by atoms with E-state index in [1.54, 1.807) is 6.21 Å². The molecule has 3 aromatic rings. The molecule has 3 rings (SSSR count). The second kappa shape index (κ2) is 8.85. The number of nitrogens with zero attached hydrogens (tertiary/aromatic N) is 1. The van der Waals surface area contributed by atoms with Crippen LogP contribution in [0.25, 0.3) is 0 Å². The Hall–Kier alpha value is -1.62. The van der Waals surface area contributed by atoms with Gasteiger partial charge < -0.3 is 4.74 Å². The van der Waals surface area contributed by atoms with E-state index in [0.717, 1.165) is 37.1 Å². The van der Waals surface area contributed by atoms with Gasteiger partial charge in [-0.05, 0) is 60.5 Å². The summed E-state index contributed by atoms with van der Waals surface area (Å²) in [7, 11) is 0. The minimum Gasteiger partial charge on any atom is -0.488 e. The molecular formula is C21H16Br2ClNO. The van der Waals surface area contributed by atoms with E-state index >= 15 is 0 Å². The maximum atomic E-state index is 6.17. The van der Waals surface area contributed by atoms with Crippen molar-refractivity contribution in [3.8, 4) is 5.75 Å². The number of rotatable bonds is 5. The van der Waals surface area contributed by atoms with Gasteiger partial charge in [-0.15, -0.1) is 0 Å². The lowest BCUT2D eigenvalue weighted by molar-refractivity contribution is 0.306. The summed E-state index contributed by atoms with van der Waals surface area (Å²) in [5.41, 5.74) is 3.80. The summed E-state index contributed by atoms with van der Waals surface area (Å²) >= 11 is 13.1. The van der Waals surface area contributed by atoms with Gasteiger partial charge >= 0.3 is 0 Å². The zero-order valence-corrected chi connectivity index (χ0v) is 18.0. The first-order valence-corrected chi connectivity index (χ1v) is 9.95. The van der Waals surface area contributed by atoms with E-state index in [0.29, 0.717) is 11.6 Å². The van der Waals surface area contributed by atoms with Crippen LogP contribution < -0.4 is 4.74 Å². The highest BCUT2D eigenvalue weighted by atomic mass is 79.9. The number of ether oxygens (including phenoxy) is 1. The monoisotopic (exact) mass is 491 g/mol. The summed E-state index contributed by atoms with van der Waals surface area (Å²) in [5.74, 6) is 0.777. The normalized spacial score (nSPS) is 11.1. The highest BCUT2D eigenvalue weighted by Gasteiger charge is 2.05. The molecule has 0 aliphatic heterocycles. The number of aliphatic imine (C=N–C) groups is 1. The van der Waals surface area contributed by atoms with Crippen molar-refractivity contribution in [1.82, 2.24) is 0 Å². The molecule has 0 unspecified atom stereocenters. The first-order valence-electron chi connectivity index (χ1n) is 7.99. The Morgan fingerprint density at radius 2 is 1.73 bits per heavy atom. The summed E-state index contributed by atoms with van der Waals surface area (Å²) in [6, 6.07) is 19.7. The van der Waals surface area contributed by atoms with Gasteiger partial charge in [0.25, 0.3) is 0 Å². The molecule has 3 aromatic carbocycles. The molecule has 26 heavy (non-hydrogen) atoms. The summed E-state index contributed by atoms with van der Waals surface area (Å²) in [5, 5.41) is 0.709. The van der Waals surface area contributed by atoms with Gasteiger partial charge in [-0.1, -0.05) is 61.7 Å². The van der Waals surface area contributed by atoms with Gasteiger partial charge in [0.2, 0.25) is 0 Å². The zero-order valence-electron chi connectivity index (χ0n) is 14.0. The van der Waals surface area contributed by atoms with Gasteiger partial charge in [0.05, 0.1) is 5.69 Å². The van der Waals surface area contributed by atoms with Crippen LogP contribution in [0.5, 0.6) is 5.75 Å². The molecule has 132 valence electrons. The SMILES string of the molecule is Cc1c(Cl)cccc1N=Cc1cc(Br)ccc1OCc1ccc(Br)cc1. The van der Waals surface area contributed by atoms with Crippen molar-refractivity contribution in [2.24, 2.45) is 4.99 Å². The third-order valence-electron chi connectivity index (χ3n) is 3.86. The van der Waals surface area contributed by atoms with Gasteiger partial charge in [0.15, 0.2) is 0 Å². The second-order valence-electron chi connectivity index (χ2n) is 5.74. The predicted molar refractivity (Wildman–Crippen MR) is 116 cm³/mol. The van der Waals surface area contributed by atoms with Crippen LogP contribution in [0, 0.1) is 6.92 Å². The summed E-state index contributed by atoms with van der Waals surface area (Å²) in [4.78, 5) is 4.59. The van der Waals surface area contributed by atoms with E-state index in [9.17, 15) is 0 Å². The van der Waals surface area contributed by atoms with Crippen LogP contribution in [0.15, 0.2) is 74.6 Å². The van der Waals surface area contributed by atoms with Crippen LogP contribution in [0.2, 0.25) is 5.02 Å².